The van der Waals surface area contributed by atoms with Crippen LogP contribution < -0.4 is 0 Å². The molecule has 1 rings (SSSR count). The lowest BCUT2D eigenvalue weighted by Crippen LogP contribution is -1.89. The molecule has 0 saturated carbocycles. The maximum atomic E-state index is 5.81. The van der Waals surface area contributed by atoms with Gasteiger partial charge in [0.1, 0.15) is 0 Å². The van der Waals surface area contributed by atoms with Gasteiger partial charge in [-0.25, -0.2) is 0 Å². The van der Waals surface area contributed by atoms with E-state index in [4.69, 9.17) is 11.6 Å². The van der Waals surface area contributed by atoms with Crippen molar-refractivity contribution < 1.29 is 0 Å². The summed E-state index contributed by atoms with van der Waals surface area (Å²) >= 11 is 10.9. The molecular weight excluding hydrogens is 244 g/mol. The van der Waals surface area contributed by atoms with Gasteiger partial charge in [0.25, 0.3) is 0 Å². The van der Waals surface area contributed by atoms with Crippen LogP contribution in [0.1, 0.15) is 24.1 Å². The first kappa shape index (κ1) is 9.56. The summed E-state index contributed by atoms with van der Waals surface area (Å²) in [5, 5.41) is 1.06. The molecular formula is C8H10BrClS. The van der Waals surface area contributed by atoms with Crippen molar-refractivity contribution in [1.82, 2.24) is 0 Å². The van der Waals surface area contributed by atoms with E-state index >= 15 is 0 Å². The molecule has 0 radical (unpaired) electrons. The summed E-state index contributed by atoms with van der Waals surface area (Å²) in [5.74, 6) is 0.631. The number of hydrogen-bond donors (Lipinski definition) is 0. The van der Waals surface area contributed by atoms with E-state index < -0.39 is 0 Å². The van der Waals surface area contributed by atoms with Crippen molar-refractivity contribution in [3.05, 3.63) is 21.3 Å². The molecule has 0 nitrogen and oxygen atoms in total. The number of alkyl halides is 1. The number of rotatable bonds is 3. The molecule has 1 aromatic rings. The lowest BCUT2D eigenvalue weighted by Gasteiger charge is -2.04. The van der Waals surface area contributed by atoms with Gasteiger partial charge in [0.2, 0.25) is 0 Å². The fraction of sp³-hybridized carbons (Fsp3) is 0.500. The molecule has 1 atom stereocenters. The lowest BCUT2D eigenvalue weighted by atomic mass is 10.1. The van der Waals surface area contributed by atoms with Gasteiger partial charge in [-0.1, -0.05) is 34.5 Å². The van der Waals surface area contributed by atoms with E-state index in [0.29, 0.717) is 5.92 Å². The maximum Gasteiger partial charge on any atom is 0.0931 e. The van der Waals surface area contributed by atoms with E-state index in [9.17, 15) is 0 Å². The summed E-state index contributed by atoms with van der Waals surface area (Å²) < 4.78 is 0.890. The van der Waals surface area contributed by atoms with Crippen LogP contribution in [0.4, 0.5) is 0 Å². The Morgan fingerprint density at radius 2 is 2.36 bits per heavy atom. The summed E-state index contributed by atoms with van der Waals surface area (Å²) in [6.45, 7) is 2.23. The second kappa shape index (κ2) is 4.48. The molecule has 0 aliphatic rings. The minimum Gasteiger partial charge on any atom is -0.128 e. The van der Waals surface area contributed by atoms with Crippen LogP contribution in [-0.2, 0) is 0 Å². The predicted octanol–water partition coefficient (Wildman–Crippen LogP) is 4.29. The van der Waals surface area contributed by atoms with Crippen molar-refractivity contribution in [2.24, 2.45) is 0 Å². The van der Waals surface area contributed by atoms with Crippen LogP contribution in [-0.4, -0.2) is 5.33 Å². The summed E-state index contributed by atoms with van der Waals surface area (Å²) in [4.78, 5) is 1.38. The van der Waals surface area contributed by atoms with Gasteiger partial charge in [0.05, 0.1) is 4.34 Å². The molecule has 0 spiro atoms. The zero-order valence-corrected chi connectivity index (χ0v) is 9.47. The van der Waals surface area contributed by atoms with Crippen LogP contribution in [0.2, 0.25) is 4.34 Å². The molecule has 62 valence electrons. The minimum atomic E-state index is 0.631. The van der Waals surface area contributed by atoms with Crippen molar-refractivity contribution in [2.45, 2.75) is 19.3 Å². The molecule has 0 aromatic carbocycles. The summed E-state index contributed by atoms with van der Waals surface area (Å²) in [6, 6.07) is 4.08. The van der Waals surface area contributed by atoms with Gasteiger partial charge in [-0.15, -0.1) is 11.3 Å². The average Bonchev–Trinajstić information content (AvgIpc) is 2.36. The van der Waals surface area contributed by atoms with E-state index in [1.54, 1.807) is 11.3 Å². The molecule has 0 N–H and O–H groups in total. The number of hydrogen-bond acceptors (Lipinski definition) is 1. The summed E-state index contributed by atoms with van der Waals surface area (Å²) in [6.07, 6.45) is 1.18. The van der Waals surface area contributed by atoms with Crippen LogP contribution in [0, 0.1) is 0 Å². The van der Waals surface area contributed by atoms with Gasteiger partial charge in [-0.2, -0.15) is 0 Å². The predicted molar refractivity (Wildman–Crippen MR) is 56.2 cm³/mol. The second-order valence-electron chi connectivity index (χ2n) is 2.52. The highest BCUT2D eigenvalue weighted by atomic mass is 79.9. The Hall–Kier alpha value is 0.470. The molecule has 3 heteroatoms. The third-order valence-corrected chi connectivity index (χ3v) is 3.54. The third kappa shape index (κ3) is 2.77. The van der Waals surface area contributed by atoms with Crippen LogP contribution in [0.15, 0.2) is 12.1 Å². The van der Waals surface area contributed by atoms with Crippen molar-refractivity contribution in [2.75, 3.05) is 5.33 Å². The van der Waals surface area contributed by atoms with E-state index in [1.165, 1.54) is 11.3 Å². The fourth-order valence-corrected chi connectivity index (χ4v) is 2.73. The maximum absolute atomic E-state index is 5.81. The van der Waals surface area contributed by atoms with Crippen LogP contribution in [0.5, 0.6) is 0 Å². The van der Waals surface area contributed by atoms with Gasteiger partial charge >= 0.3 is 0 Å². The molecule has 1 aromatic heterocycles. The Morgan fingerprint density at radius 1 is 1.64 bits per heavy atom. The normalized spacial score (nSPS) is 13.4. The van der Waals surface area contributed by atoms with E-state index in [2.05, 4.69) is 28.9 Å². The highest BCUT2D eigenvalue weighted by Gasteiger charge is 2.06. The van der Waals surface area contributed by atoms with Gasteiger partial charge in [-0.05, 0) is 24.5 Å². The standard InChI is InChI=1S/C8H10BrClS/c1-6(4-5-9)7-2-3-8(10)11-7/h2-3,6H,4-5H2,1H3. The smallest absolute Gasteiger partial charge is 0.0931 e. The quantitative estimate of drug-likeness (QED) is 0.705. The van der Waals surface area contributed by atoms with Crippen LogP contribution in [0.25, 0.3) is 0 Å². The first-order valence-corrected chi connectivity index (χ1v) is 5.87. The van der Waals surface area contributed by atoms with Gasteiger partial charge in [-0.3, -0.25) is 0 Å². The topological polar surface area (TPSA) is 0 Å². The Bertz CT molecular complexity index is 222. The van der Waals surface area contributed by atoms with E-state index in [-0.39, 0.29) is 0 Å². The Labute approximate surface area is 84.7 Å². The monoisotopic (exact) mass is 252 g/mol. The molecule has 1 heterocycles. The van der Waals surface area contributed by atoms with E-state index in [0.717, 1.165) is 9.67 Å². The first-order valence-electron chi connectivity index (χ1n) is 3.55. The largest absolute Gasteiger partial charge is 0.128 e. The van der Waals surface area contributed by atoms with Crippen LogP contribution >= 0.6 is 38.9 Å². The SMILES string of the molecule is CC(CCBr)c1ccc(Cl)s1. The highest BCUT2D eigenvalue weighted by Crippen LogP contribution is 2.29. The molecule has 1 unspecified atom stereocenters. The number of thiophene rings is 1. The Morgan fingerprint density at radius 3 is 2.82 bits per heavy atom. The van der Waals surface area contributed by atoms with Gasteiger partial charge in [0, 0.05) is 10.2 Å². The Kier molecular flexibility index (Phi) is 3.90. The van der Waals surface area contributed by atoms with Crippen molar-refractivity contribution in [3.8, 4) is 0 Å². The molecule has 0 bridgehead atoms. The molecule has 0 aliphatic carbocycles. The molecule has 11 heavy (non-hydrogen) atoms. The molecule has 0 fully saturated rings. The lowest BCUT2D eigenvalue weighted by molar-refractivity contribution is 0.759. The van der Waals surface area contributed by atoms with Gasteiger partial charge < -0.3 is 0 Å². The van der Waals surface area contributed by atoms with Crippen molar-refractivity contribution in [1.29, 1.82) is 0 Å². The first-order chi connectivity index (χ1) is 5.24. The second-order valence-corrected chi connectivity index (χ2v) is 5.06. The average molecular weight is 254 g/mol. The van der Waals surface area contributed by atoms with Crippen molar-refractivity contribution >= 4 is 38.9 Å². The zero-order valence-electron chi connectivity index (χ0n) is 6.31. The summed E-state index contributed by atoms with van der Waals surface area (Å²) in [5.41, 5.74) is 0. The molecule has 0 saturated heterocycles. The fourth-order valence-electron chi connectivity index (χ4n) is 0.899. The third-order valence-electron chi connectivity index (χ3n) is 1.62. The number of halogens is 2. The Balaban J connectivity index is 2.60. The highest BCUT2D eigenvalue weighted by molar-refractivity contribution is 9.09. The van der Waals surface area contributed by atoms with Gasteiger partial charge in [0.15, 0.2) is 0 Å². The zero-order chi connectivity index (χ0) is 8.27. The van der Waals surface area contributed by atoms with Crippen LogP contribution in [0.3, 0.4) is 0 Å². The molecule has 0 aliphatic heterocycles. The molecule has 0 amide bonds. The van der Waals surface area contributed by atoms with E-state index in [1.807, 2.05) is 6.07 Å². The minimum absolute atomic E-state index is 0.631. The summed E-state index contributed by atoms with van der Waals surface area (Å²) in [7, 11) is 0. The van der Waals surface area contributed by atoms with Crippen molar-refractivity contribution in [3.63, 3.8) is 0 Å².